The first-order chi connectivity index (χ1) is 14.3. The number of nitrogens with one attached hydrogen (secondary N) is 1. The number of aryl methyl sites for hydroxylation is 1. The van der Waals surface area contributed by atoms with Crippen molar-refractivity contribution in [3.8, 4) is 5.75 Å². The van der Waals surface area contributed by atoms with Crippen LogP contribution in [0.1, 0.15) is 44.7 Å². The summed E-state index contributed by atoms with van der Waals surface area (Å²) in [5, 5.41) is 2.80. The molecule has 0 spiro atoms. The van der Waals surface area contributed by atoms with Gasteiger partial charge in [-0.05, 0) is 42.2 Å². The van der Waals surface area contributed by atoms with Crippen LogP contribution in [0.2, 0.25) is 0 Å². The van der Waals surface area contributed by atoms with Gasteiger partial charge in [0.15, 0.2) is 0 Å². The number of ether oxygens (including phenoxy) is 1. The Morgan fingerprint density at radius 1 is 1.00 bits per heavy atom. The first kappa shape index (κ1) is 23.9. The minimum atomic E-state index is -3.63. The summed E-state index contributed by atoms with van der Waals surface area (Å²) in [6.45, 7) is 6.50. The molecule has 2 rings (SSSR count). The van der Waals surface area contributed by atoms with E-state index in [0.29, 0.717) is 24.5 Å². The van der Waals surface area contributed by atoms with Crippen molar-refractivity contribution >= 4 is 21.6 Å². The number of benzene rings is 2. The molecule has 0 saturated carbocycles. The van der Waals surface area contributed by atoms with Crippen LogP contribution in [0.3, 0.4) is 0 Å². The highest BCUT2D eigenvalue weighted by Gasteiger charge is 2.23. The van der Waals surface area contributed by atoms with Crippen molar-refractivity contribution in [2.45, 2.75) is 51.3 Å². The lowest BCUT2D eigenvalue weighted by molar-refractivity contribution is -0.115. The lowest BCUT2D eigenvalue weighted by atomic mass is 10.0. The summed E-state index contributed by atoms with van der Waals surface area (Å²) >= 11 is 0. The summed E-state index contributed by atoms with van der Waals surface area (Å²) in [5.41, 5.74) is 2.51. The van der Waals surface area contributed by atoms with E-state index in [1.54, 1.807) is 19.9 Å². The Kier molecular flexibility index (Phi) is 8.87. The average molecular weight is 433 g/mol. The summed E-state index contributed by atoms with van der Waals surface area (Å²) in [4.78, 5) is 12.7. The van der Waals surface area contributed by atoms with Crippen LogP contribution < -0.4 is 10.1 Å². The largest absolute Gasteiger partial charge is 0.495 e. The van der Waals surface area contributed by atoms with Gasteiger partial charge >= 0.3 is 0 Å². The molecule has 0 aliphatic rings. The molecule has 0 aliphatic heterocycles. The number of rotatable bonds is 11. The number of unbranched alkanes of at least 4 members (excludes halogenated alkanes) is 1. The van der Waals surface area contributed by atoms with Gasteiger partial charge in [0.25, 0.3) is 0 Å². The van der Waals surface area contributed by atoms with Crippen molar-refractivity contribution in [2.75, 3.05) is 25.5 Å². The summed E-state index contributed by atoms with van der Waals surface area (Å²) in [6, 6.07) is 12.5. The topological polar surface area (TPSA) is 75.7 Å². The summed E-state index contributed by atoms with van der Waals surface area (Å²) in [5.74, 6) is 0.184. The molecule has 0 aliphatic carbocycles. The molecule has 2 aromatic rings. The molecule has 0 atom stereocenters. The van der Waals surface area contributed by atoms with Gasteiger partial charge in [-0.1, -0.05) is 51.5 Å². The zero-order valence-corrected chi connectivity index (χ0v) is 19.1. The standard InChI is InChI=1S/C23H32N2O4S/c1-5-8-9-18-10-12-19(13-11-18)16-23(26)24-21-17-20(14-15-22(21)29-4)30(27,28)25(6-2)7-3/h10-15,17H,5-9,16H2,1-4H3,(H,24,26). The third-order valence-corrected chi connectivity index (χ3v) is 7.04. The van der Waals surface area contributed by atoms with Crippen LogP contribution in [0.25, 0.3) is 0 Å². The molecule has 0 fully saturated rings. The van der Waals surface area contributed by atoms with Crippen molar-refractivity contribution in [3.05, 3.63) is 53.6 Å². The van der Waals surface area contributed by atoms with E-state index >= 15 is 0 Å². The summed E-state index contributed by atoms with van der Waals surface area (Å²) < 4.78 is 32.3. The highest BCUT2D eigenvalue weighted by molar-refractivity contribution is 7.89. The lowest BCUT2D eigenvalue weighted by Gasteiger charge is -2.19. The van der Waals surface area contributed by atoms with Gasteiger partial charge in [-0.15, -0.1) is 0 Å². The fourth-order valence-electron chi connectivity index (χ4n) is 3.24. The van der Waals surface area contributed by atoms with Crippen LogP contribution >= 0.6 is 0 Å². The van der Waals surface area contributed by atoms with Gasteiger partial charge in [-0.25, -0.2) is 8.42 Å². The second-order valence-electron chi connectivity index (χ2n) is 7.10. The number of amides is 1. The van der Waals surface area contributed by atoms with Crippen LogP contribution in [0, 0.1) is 0 Å². The molecule has 1 N–H and O–H groups in total. The molecule has 0 bridgehead atoms. The average Bonchev–Trinajstić information content (AvgIpc) is 2.73. The Hall–Kier alpha value is -2.38. The molecule has 1 amide bonds. The van der Waals surface area contributed by atoms with Gasteiger partial charge in [0, 0.05) is 13.1 Å². The van der Waals surface area contributed by atoms with Crippen molar-refractivity contribution in [1.82, 2.24) is 4.31 Å². The third kappa shape index (κ3) is 6.06. The fraction of sp³-hybridized carbons (Fsp3) is 0.435. The zero-order valence-electron chi connectivity index (χ0n) is 18.3. The predicted octanol–water partition coefficient (Wildman–Crippen LogP) is 4.25. The molecule has 30 heavy (non-hydrogen) atoms. The fourth-order valence-corrected chi connectivity index (χ4v) is 4.73. The molecule has 164 valence electrons. The van der Waals surface area contributed by atoms with E-state index in [1.165, 1.54) is 29.1 Å². The maximum absolute atomic E-state index is 12.8. The Morgan fingerprint density at radius 2 is 1.63 bits per heavy atom. The van der Waals surface area contributed by atoms with Crippen LogP contribution in [-0.2, 0) is 27.7 Å². The number of hydrogen-bond donors (Lipinski definition) is 1. The first-order valence-corrected chi connectivity index (χ1v) is 11.9. The number of nitrogens with zero attached hydrogens (tertiary/aromatic N) is 1. The maximum Gasteiger partial charge on any atom is 0.243 e. The summed E-state index contributed by atoms with van der Waals surface area (Å²) in [6.07, 6.45) is 3.53. The monoisotopic (exact) mass is 432 g/mol. The van der Waals surface area contributed by atoms with Crippen LogP contribution in [-0.4, -0.2) is 38.8 Å². The molecule has 0 heterocycles. The number of carbonyl (C=O) groups excluding carboxylic acids is 1. The minimum Gasteiger partial charge on any atom is -0.495 e. The van der Waals surface area contributed by atoms with Crippen molar-refractivity contribution < 1.29 is 17.9 Å². The normalized spacial score (nSPS) is 11.5. The maximum atomic E-state index is 12.8. The number of anilines is 1. The molecule has 6 nitrogen and oxygen atoms in total. The molecule has 2 aromatic carbocycles. The SMILES string of the molecule is CCCCc1ccc(CC(=O)Nc2cc(S(=O)(=O)N(CC)CC)ccc2OC)cc1. The van der Waals surface area contributed by atoms with Gasteiger partial charge in [0.05, 0.1) is 24.1 Å². The molecular weight excluding hydrogens is 400 g/mol. The Morgan fingerprint density at radius 3 is 2.20 bits per heavy atom. The second kappa shape index (κ2) is 11.1. The van der Waals surface area contributed by atoms with Crippen LogP contribution in [0.15, 0.2) is 47.4 Å². The van der Waals surface area contributed by atoms with Crippen LogP contribution in [0.4, 0.5) is 5.69 Å². The van der Waals surface area contributed by atoms with Crippen molar-refractivity contribution in [3.63, 3.8) is 0 Å². The van der Waals surface area contributed by atoms with E-state index in [-0.39, 0.29) is 17.2 Å². The second-order valence-corrected chi connectivity index (χ2v) is 9.03. The third-order valence-electron chi connectivity index (χ3n) is 4.99. The zero-order chi connectivity index (χ0) is 22.1. The molecule has 0 radical (unpaired) electrons. The molecule has 0 aromatic heterocycles. The first-order valence-electron chi connectivity index (χ1n) is 10.4. The highest BCUT2D eigenvalue weighted by Crippen LogP contribution is 2.29. The number of hydrogen-bond acceptors (Lipinski definition) is 4. The van der Waals surface area contributed by atoms with E-state index in [1.807, 2.05) is 12.1 Å². The molecule has 0 unspecified atom stereocenters. The van der Waals surface area contributed by atoms with Crippen LogP contribution in [0.5, 0.6) is 5.75 Å². The van der Waals surface area contributed by atoms with E-state index in [4.69, 9.17) is 4.74 Å². The van der Waals surface area contributed by atoms with Gasteiger partial charge in [0.2, 0.25) is 15.9 Å². The van der Waals surface area contributed by atoms with E-state index < -0.39 is 10.0 Å². The van der Waals surface area contributed by atoms with E-state index in [0.717, 1.165) is 24.8 Å². The lowest BCUT2D eigenvalue weighted by Crippen LogP contribution is -2.30. The van der Waals surface area contributed by atoms with Gasteiger partial charge < -0.3 is 10.1 Å². The molecule has 7 heteroatoms. The predicted molar refractivity (Wildman–Crippen MR) is 120 cm³/mol. The number of sulfonamides is 1. The number of carbonyl (C=O) groups is 1. The number of methoxy groups -OCH3 is 1. The Balaban J connectivity index is 2.17. The Bertz CT molecular complexity index is 936. The Labute approximate surface area is 180 Å². The van der Waals surface area contributed by atoms with Gasteiger partial charge in [-0.2, -0.15) is 4.31 Å². The molecule has 0 saturated heterocycles. The van der Waals surface area contributed by atoms with Gasteiger partial charge in [-0.3, -0.25) is 4.79 Å². The van der Waals surface area contributed by atoms with Gasteiger partial charge in [0.1, 0.15) is 5.75 Å². The van der Waals surface area contributed by atoms with Crippen molar-refractivity contribution in [2.24, 2.45) is 0 Å². The smallest absolute Gasteiger partial charge is 0.243 e. The minimum absolute atomic E-state index is 0.127. The summed E-state index contributed by atoms with van der Waals surface area (Å²) in [7, 11) is -2.14. The quantitative estimate of drug-likeness (QED) is 0.576. The highest BCUT2D eigenvalue weighted by atomic mass is 32.2. The van der Waals surface area contributed by atoms with E-state index in [2.05, 4.69) is 24.4 Å². The molecular formula is C23H32N2O4S. The van der Waals surface area contributed by atoms with E-state index in [9.17, 15) is 13.2 Å². The van der Waals surface area contributed by atoms with Crippen molar-refractivity contribution in [1.29, 1.82) is 0 Å².